The molecule has 2 aliphatic rings. The van der Waals surface area contributed by atoms with Gasteiger partial charge in [-0.1, -0.05) is 6.07 Å². The van der Waals surface area contributed by atoms with E-state index >= 15 is 0 Å². The second-order valence-electron chi connectivity index (χ2n) is 6.65. The van der Waals surface area contributed by atoms with Gasteiger partial charge in [0.25, 0.3) is 10.0 Å². The molecule has 0 bridgehead atoms. The van der Waals surface area contributed by atoms with Crippen LogP contribution in [0.2, 0.25) is 0 Å². The van der Waals surface area contributed by atoms with E-state index in [0.717, 1.165) is 13.1 Å². The van der Waals surface area contributed by atoms with Gasteiger partial charge < -0.3 is 15.3 Å². The number of nitrogens with zero attached hydrogens (tertiary/aromatic N) is 3. The molecule has 0 aliphatic carbocycles. The van der Waals surface area contributed by atoms with Crippen molar-refractivity contribution < 1.29 is 13.5 Å². The van der Waals surface area contributed by atoms with Crippen molar-refractivity contribution in [2.75, 3.05) is 45.1 Å². The second-order valence-corrected chi connectivity index (χ2v) is 8.54. The van der Waals surface area contributed by atoms with E-state index in [4.69, 9.17) is 0 Å². The smallest absolute Gasteiger partial charge is 0.260 e. The van der Waals surface area contributed by atoms with E-state index in [9.17, 15) is 13.5 Å². The zero-order chi connectivity index (χ0) is 16.6. The van der Waals surface area contributed by atoms with Gasteiger partial charge in [-0.2, -0.15) is 4.31 Å². The third-order valence-electron chi connectivity index (χ3n) is 4.54. The van der Waals surface area contributed by atoms with Crippen molar-refractivity contribution >= 4 is 15.8 Å². The summed E-state index contributed by atoms with van der Waals surface area (Å²) in [6, 6.07) is 4.91. The molecular weight excluding hydrogens is 316 g/mol. The van der Waals surface area contributed by atoms with Gasteiger partial charge in [-0.25, -0.2) is 13.4 Å². The highest BCUT2D eigenvalue weighted by Crippen LogP contribution is 2.33. The number of nitrogens with one attached hydrogen (secondary N) is 1. The first-order chi connectivity index (χ1) is 10.9. The van der Waals surface area contributed by atoms with Crippen LogP contribution in [0.4, 0.5) is 5.82 Å². The Labute approximate surface area is 137 Å². The number of pyridine rings is 1. The number of rotatable bonds is 5. The van der Waals surface area contributed by atoms with Gasteiger partial charge in [-0.3, -0.25) is 0 Å². The molecule has 7 nitrogen and oxygen atoms in total. The van der Waals surface area contributed by atoms with Crippen molar-refractivity contribution in [3.05, 3.63) is 18.2 Å². The number of aliphatic hydroxyl groups excluding tert-OH is 1. The van der Waals surface area contributed by atoms with Crippen molar-refractivity contribution in [3.8, 4) is 0 Å². The van der Waals surface area contributed by atoms with Crippen LogP contribution in [0, 0.1) is 11.8 Å². The molecule has 0 unspecified atom stereocenters. The fourth-order valence-corrected chi connectivity index (χ4v) is 4.93. The Morgan fingerprint density at radius 1 is 1.30 bits per heavy atom. The van der Waals surface area contributed by atoms with E-state index in [1.165, 1.54) is 6.07 Å². The maximum Gasteiger partial charge on any atom is 0.260 e. The monoisotopic (exact) mass is 340 g/mol. The highest BCUT2D eigenvalue weighted by molar-refractivity contribution is 7.89. The summed E-state index contributed by atoms with van der Waals surface area (Å²) in [5, 5.41) is 12.3. The summed E-state index contributed by atoms with van der Waals surface area (Å²) in [7, 11) is -1.48. The van der Waals surface area contributed by atoms with Crippen molar-refractivity contribution in [3.63, 3.8) is 0 Å². The lowest BCUT2D eigenvalue weighted by atomic mass is 10.0. The van der Waals surface area contributed by atoms with E-state index in [-0.39, 0.29) is 5.03 Å². The molecular formula is C15H24N4O3S. The number of anilines is 1. The summed E-state index contributed by atoms with van der Waals surface area (Å²) in [6.07, 6.45) is -0.521. The maximum absolute atomic E-state index is 12.8. The molecule has 3 heterocycles. The predicted molar refractivity (Wildman–Crippen MR) is 87.6 cm³/mol. The number of aliphatic hydroxyl groups is 1. The summed E-state index contributed by atoms with van der Waals surface area (Å²) >= 11 is 0. The minimum Gasteiger partial charge on any atom is -0.392 e. The molecule has 2 N–H and O–H groups in total. The standard InChI is InChI=1S/C15H24N4O3S/c1-11(20)6-16-14-4-3-5-15(17-14)23(21,22)19-9-12-7-18(2)8-13(12)10-19/h3-5,11-13,20H,6-10H2,1-2H3,(H,16,17)/t11-,12-,13+/m1/s1. The van der Waals surface area contributed by atoms with E-state index in [1.54, 1.807) is 23.4 Å². The Kier molecular flexibility index (Phi) is 4.59. The zero-order valence-electron chi connectivity index (χ0n) is 13.5. The minimum atomic E-state index is -3.56. The third-order valence-corrected chi connectivity index (χ3v) is 6.28. The number of aromatic nitrogens is 1. The molecule has 0 amide bonds. The lowest BCUT2D eigenvalue weighted by Gasteiger charge is -2.19. The van der Waals surface area contributed by atoms with Crippen LogP contribution in [-0.4, -0.2) is 73.6 Å². The molecule has 0 saturated carbocycles. The van der Waals surface area contributed by atoms with Crippen molar-refractivity contribution in [2.45, 2.75) is 18.1 Å². The van der Waals surface area contributed by atoms with Crippen molar-refractivity contribution in [1.29, 1.82) is 0 Å². The van der Waals surface area contributed by atoms with Crippen LogP contribution in [0.1, 0.15) is 6.92 Å². The molecule has 1 aromatic rings. The summed E-state index contributed by atoms with van der Waals surface area (Å²) in [5.41, 5.74) is 0. The number of sulfonamides is 1. The van der Waals surface area contributed by atoms with Crippen LogP contribution >= 0.6 is 0 Å². The normalized spacial score (nSPS) is 27.1. The fourth-order valence-electron chi connectivity index (χ4n) is 3.42. The topological polar surface area (TPSA) is 85.8 Å². The van der Waals surface area contributed by atoms with Crippen LogP contribution < -0.4 is 5.32 Å². The largest absolute Gasteiger partial charge is 0.392 e. The Morgan fingerprint density at radius 3 is 2.57 bits per heavy atom. The number of hydrogen-bond acceptors (Lipinski definition) is 6. The van der Waals surface area contributed by atoms with Crippen LogP contribution in [0.3, 0.4) is 0 Å². The first kappa shape index (κ1) is 16.6. The molecule has 8 heteroatoms. The molecule has 0 radical (unpaired) electrons. The van der Waals surface area contributed by atoms with Gasteiger partial charge in [0.05, 0.1) is 6.10 Å². The molecule has 1 aromatic heterocycles. The minimum absolute atomic E-state index is 0.0708. The summed E-state index contributed by atoms with van der Waals surface area (Å²) < 4.78 is 27.2. The fraction of sp³-hybridized carbons (Fsp3) is 0.667. The number of hydrogen-bond donors (Lipinski definition) is 2. The first-order valence-corrected chi connectivity index (χ1v) is 9.38. The number of fused-ring (bicyclic) bond motifs is 1. The zero-order valence-corrected chi connectivity index (χ0v) is 14.3. The molecule has 0 aromatic carbocycles. The predicted octanol–water partition coefficient (Wildman–Crippen LogP) is 0.0564. The van der Waals surface area contributed by atoms with Crippen molar-refractivity contribution in [2.24, 2.45) is 11.8 Å². The molecule has 128 valence electrons. The van der Waals surface area contributed by atoms with Crippen LogP contribution in [-0.2, 0) is 10.0 Å². The van der Waals surface area contributed by atoms with Crippen LogP contribution in [0.25, 0.3) is 0 Å². The van der Waals surface area contributed by atoms with E-state index < -0.39 is 16.1 Å². The molecule has 23 heavy (non-hydrogen) atoms. The Bertz CT molecular complexity index is 650. The molecule has 0 spiro atoms. The van der Waals surface area contributed by atoms with Gasteiger partial charge in [-0.15, -0.1) is 0 Å². The van der Waals surface area contributed by atoms with E-state index in [1.807, 2.05) is 0 Å². The molecule has 2 aliphatic heterocycles. The Balaban J connectivity index is 1.74. The van der Waals surface area contributed by atoms with Gasteiger partial charge in [-0.05, 0) is 37.9 Å². The van der Waals surface area contributed by atoms with Gasteiger partial charge in [0, 0.05) is 32.7 Å². The Hall–Kier alpha value is -1.22. The summed E-state index contributed by atoms with van der Waals surface area (Å²) in [5.74, 6) is 1.31. The van der Waals surface area contributed by atoms with E-state index in [0.29, 0.717) is 37.3 Å². The SMILES string of the molecule is C[C@@H](O)CNc1cccc(S(=O)(=O)N2C[C@H]3CN(C)C[C@H]3C2)n1. The Morgan fingerprint density at radius 2 is 1.96 bits per heavy atom. The van der Waals surface area contributed by atoms with Gasteiger partial charge in [0.2, 0.25) is 0 Å². The third kappa shape index (κ3) is 3.50. The van der Waals surface area contributed by atoms with Crippen LogP contribution in [0.5, 0.6) is 0 Å². The van der Waals surface area contributed by atoms with Crippen LogP contribution in [0.15, 0.2) is 23.2 Å². The van der Waals surface area contributed by atoms with Crippen molar-refractivity contribution in [1.82, 2.24) is 14.2 Å². The summed E-state index contributed by atoms with van der Waals surface area (Å²) in [4.78, 5) is 6.47. The van der Waals surface area contributed by atoms with Gasteiger partial charge in [0.15, 0.2) is 5.03 Å². The average Bonchev–Trinajstić information content (AvgIpc) is 3.03. The maximum atomic E-state index is 12.8. The lowest BCUT2D eigenvalue weighted by Crippen LogP contribution is -2.33. The highest BCUT2D eigenvalue weighted by Gasteiger charge is 2.43. The average molecular weight is 340 g/mol. The quantitative estimate of drug-likeness (QED) is 0.788. The van der Waals surface area contributed by atoms with Gasteiger partial charge >= 0.3 is 0 Å². The lowest BCUT2D eigenvalue weighted by molar-refractivity contribution is 0.208. The first-order valence-electron chi connectivity index (χ1n) is 7.94. The molecule has 2 fully saturated rings. The molecule has 3 rings (SSSR count). The number of likely N-dealkylation sites (tertiary alicyclic amines) is 1. The van der Waals surface area contributed by atoms with E-state index in [2.05, 4.69) is 22.2 Å². The molecule has 2 saturated heterocycles. The highest BCUT2D eigenvalue weighted by atomic mass is 32.2. The summed E-state index contributed by atoms with van der Waals surface area (Å²) in [6.45, 7) is 5.05. The molecule has 3 atom stereocenters. The second kappa shape index (κ2) is 6.35. The van der Waals surface area contributed by atoms with Gasteiger partial charge in [0.1, 0.15) is 5.82 Å².